The summed E-state index contributed by atoms with van der Waals surface area (Å²) in [6.45, 7) is 8.73. The molecule has 1 N–H and O–H groups in total. The number of alkyl halides is 1. The standard InChI is InChI=1S/C12H20ClNO4/c1-5-8-17-10(15)9(6-7-13)14-11(16)18-12(2,3)4/h5,9H,1,6-8H2,2-4H3,(H,14,16)/t9-/m0/s1. The molecule has 104 valence electrons. The molecule has 0 aliphatic heterocycles. The van der Waals surface area contributed by atoms with Crippen LogP contribution in [-0.2, 0) is 14.3 Å². The molecular weight excluding hydrogens is 258 g/mol. The van der Waals surface area contributed by atoms with Gasteiger partial charge in [0.15, 0.2) is 0 Å². The van der Waals surface area contributed by atoms with Crippen molar-refractivity contribution < 1.29 is 19.1 Å². The Balaban J connectivity index is 4.38. The third-order valence-corrected chi connectivity index (χ3v) is 1.93. The van der Waals surface area contributed by atoms with E-state index in [9.17, 15) is 9.59 Å². The van der Waals surface area contributed by atoms with E-state index >= 15 is 0 Å². The second-order valence-electron chi connectivity index (χ2n) is 4.60. The van der Waals surface area contributed by atoms with Gasteiger partial charge in [-0.3, -0.25) is 0 Å². The number of esters is 1. The third kappa shape index (κ3) is 7.95. The molecule has 0 saturated carbocycles. The van der Waals surface area contributed by atoms with Crippen LogP contribution in [0.25, 0.3) is 0 Å². The molecule has 0 unspecified atom stereocenters. The van der Waals surface area contributed by atoms with E-state index in [1.165, 1.54) is 6.08 Å². The minimum Gasteiger partial charge on any atom is -0.460 e. The molecular formula is C12H20ClNO4. The van der Waals surface area contributed by atoms with E-state index in [4.69, 9.17) is 21.1 Å². The third-order valence-electron chi connectivity index (χ3n) is 1.72. The maximum atomic E-state index is 11.6. The highest BCUT2D eigenvalue weighted by Gasteiger charge is 2.24. The van der Waals surface area contributed by atoms with Crippen molar-refractivity contribution in [3.05, 3.63) is 12.7 Å². The highest BCUT2D eigenvalue weighted by atomic mass is 35.5. The smallest absolute Gasteiger partial charge is 0.408 e. The Kier molecular flexibility index (Phi) is 7.43. The summed E-state index contributed by atoms with van der Waals surface area (Å²) in [5, 5.41) is 2.43. The van der Waals surface area contributed by atoms with Crippen LogP contribution in [0.3, 0.4) is 0 Å². The van der Waals surface area contributed by atoms with Gasteiger partial charge in [-0.2, -0.15) is 0 Å². The van der Waals surface area contributed by atoms with Crippen LogP contribution in [0.15, 0.2) is 12.7 Å². The highest BCUT2D eigenvalue weighted by molar-refractivity contribution is 6.18. The number of nitrogens with one attached hydrogen (secondary N) is 1. The van der Waals surface area contributed by atoms with Gasteiger partial charge in [-0.25, -0.2) is 9.59 Å². The second-order valence-corrected chi connectivity index (χ2v) is 4.97. The Morgan fingerprint density at radius 2 is 2.06 bits per heavy atom. The number of ether oxygens (including phenoxy) is 2. The number of alkyl carbamates (subject to hydrolysis) is 1. The fourth-order valence-electron chi connectivity index (χ4n) is 1.05. The minimum atomic E-state index is -0.808. The first-order chi connectivity index (χ1) is 8.30. The molecule has 1 atom stereocenters. The number of rotatable bonds is 6. The molecule has 5 nitrogen and oxygen atoms in total. The molecule has 0 fully saturated rings. The van der Waals surface area contributed by atoms with Gasteiger partial charge in [-0.1, -0.05) is 12.7 Å². The van der Waals surface area contributed by atoms with E-state index in [1.54, 1.807) is 20.8 Å². The summed E-state index contributed by atoms with van der Waals surface area (Å²) >= 11 is 5.57. The zero-order chi connectivity index (χ0) is 14.2. The summed E-state index contributed by atoms with van der Waals surface area (Å²) in [6.07, 6.45) is 1.05. The van der Waals surface area contributed by atoms with Gasteiger partial charge in [0.25, 0.3) is 0 Å². The summed E-state index contributed by atoms with van der Waals surface area (Å²) in [4.78, 5) is 23.1. The molecule has 0 saturated heterocycles. The summed E-state index contributed by atoms with van der Waals surface area (Å²) in [5.41, 5.74) is -0.624. The van der Waals surface area contributed by atoms with Crippen molar-refractivity contribution in [2.24, 2.45) is 0 Å². The molecule has 0 aliphatic rings. The lowest BCUT2D eigenvalue weighted by Crippen LogP contribution is -2.44. The molecule has 6 heteroatoms. The highest BCUT2D eigenvalue weighted by Crippen LogP contribution is 2.08. The number of amides is 1. The molecule has 0 radical (unpaired) electrons. The average molecular weight is 278 g/mol. The summed E-state index contributed by atoms with van der Waals surface area (Å²) in [6, 6.07) is -0.808. The summed E-state index contributed by atoms with van der Waals surface area (Å²) < 4.78 is 9.90. The van der Waals surface area contributed by atoms with Crippen LogP contribution in [0.2, 0.25) is 0 Å². The van der Waals surface area contributed by atoms with E-state index in [2.05, 4.69) is 11.9 Å². The predicted octanol–water partition coefficient (Wildman–Crippen LogP) is 2.24. The van der Waals surface area contributed by atoms with Crippen molar-refractivity contribution in [2.45, 2.75) is 38.8 Å². The topological polar surface area (TPSA) is 64.6 Å². The molecule has 0 bridgehead atoms. The Hall–Kier alpha value is -1.23. The van der Waals surface area contributed by atoms with Gasteiger partial charge in [0.1, 0.15) is 18.2 Å². The maximum Gasteiger partial charge on any atom is 0.408 e. The van der Waals surface area contributed by atoms with E-state index in [-0.39, 0.29) is 18.9 Å². The molecule has 1 amide bonds. The summed E-state index contributed by atoms with van der Waals surface area (Å²) in [5.74, 6) is -0.328. The van der Waals surface area contributed by atoms with Crippen molar-refractivity contribution in [1.82, 2.24) is 5.32 Å². The SMILES string of the molecule is C=CCOC(=O)[C@H](CCCl)NC(=O)OC(C)(C)C. The molecule has 0 rings (SSSR count). The first-order valence-electron chi connectivity index (χ1n) is 5.63. The molecule has 0 aromatic carbocycles. The van der Waals surface area contributed by atoms with Gasteiger partial charge >= 0.3 is 12.1 Å². The van der Waals surface area contributed by atoms with Crippen LogP contribution in [0.5, 0.6) is 0 Å². The molecule has 0 heterocycles. The zero-order valence-corrected chi connectivity index (χ0v) is 11.8. The van der Waals surface area contributed by atoms with Gasteiger partial charge in [0, 0.05) is 5.88 Å². The van der Waals surface area contributed by atoms with Gasteiger partial charge < -0.3 is 14.8 Å². The lowest BCUT2D eigenvalue weighted by molar-refractivity contribution is -0.145. The lowest BCUT2D eigenvalue weighted by Gasteiger charge is -2.22. The first kappa shape index (κ1) is 16.8. The molecule has 0 aromatic rings. The van der Waals surface area contributed by atoms with Crippen LogP contribution in [0.4, 0.5) is 4.79 Å². The monoisotopic (exact) mass is 277 g/mol. The Labute approximate surface area is 112 Å². The predicted molar refractivity (Wildman–Crippen MR) is 69.7 cm³/mol. The Morgan fingerprint density at radius 1 is 1.44 bits per heavy atom. The quantitative estimate of drug-likeness (QED) is 0.459. The zero-order valence-electron chi connectivity index (χ0n) is 11.0. The minimum absolute atomic E-state index is 0.0909. The van der Waals surface area contributed by atoms with Gasteiger partial charge in [0.2, 0.25) is 0 Å². The first-order valence-corrected chi connectivity index (χ1v) is 6.16. The number of hydrogen-bond acceptors (Lipinski definition) is 4. The molecule has 0 spiro atoms. The number of carbonyl (C=O) groups is 2. The number of halogens is 1. The van der Waals surface area contributed by atoms with E-state index in [0.717, 1.165) is 0 Å². The maximum absolute atomic E-state index is 11.6. The van der Waals surface area contributed by atoms with E-state index in [1.807, 2.05) is 0 Å². The van der Waals surface area contributed by atoms with Crippen molar-refractivity contribution in [1.29, 1.82) is 0 Å². The normalized spacial score (nSPS) is 12.4. The van der Waals surface area contributed by atoms with Crippen LogP contribution in [-0.4, -0.2) is 36.2 Å². The summed E-state index contributed by atoms with van der Waals surface area (Å²) in [7, 11) is 0. The Bertz CT molecular complexity index is 299. The van der Waals surface area contributed by atoms with Crippen molar-refractivity contribution in [2.75, 3.05) is 12.5 Å². The molecule has 18 heavy (non-hydrogen) atoms. The Morgan fingerprint density at radius 3 is 2.50 bits per heavy atom. The van der Waals surface area contributed by atoms with Crippen LogP contribution < -0.4 is 5.32 Å². The van der Waals surface area contributed by atoms with Crippen LogP contribution in [0.1, 0.15) is 27.2 Å². The van der Waals surface area contributed by atoms with Crippen molar-refractivity contribution >= 4 is 23.7 Å². The largest absolute Gasteiger partial charge is 0.460 e. The number of hydrogen-bond donors (Lipinski definition) is 1. The second kappa shape index (κ2) is 7.97. The van der Waals surface area contributed by atoms with Gasteiger partial charge in [-0.15, -0.1) is 11.6 Å². The average Bonchev–Trinajstić information content (AvgIpc) is 2.22. The molecule has 0 aromatic heterocycles. The fourth-order valence-corrected chi connectivity index (χ4v) is 1.27. The van der Waals surface area contributed by atoms with Gasteiger partial charge in [-0.05, 0) is 27.2 Å². The van der Waals surface area contributed by atoms with Crippen molar-refractivity contribution in [3.8, 4) is 0 Å². The van der Waals surface area contributed by atoms with Crippen LogP contribution in [0, 0.1) is 0 Å². The number of carbonyl (C=O) groups excluding carboxylic acids is 2. The van der Waals surface area contributed by atoms with Crippen molar-refractivity contribution in [3.63, 3.8) is 0 Å². The van der Waals surface area contributed by atoms with E-state index < -0.39 is 23.7 Å². The fraction of sp³-hybridized carbons (Fsp3) is 0.667. The van der Waals surface area contributed by atoms with Crippen LogP contribution >= 0.6 is 11.6 Å². The molecule has 0 aliphatic carbocycles. The van der Waals surface area contributed by atoms with E-state index in [0.29, 0.717) is 0 Å². The van der Waals surface area contributed by atoms with Gasteiger partial charge in [0.05, 0.1) is 0 Å². The lowest BCUT2D eigenvalue weighted by atomic mass is 10.2.